The van der Waals surface area contributed by atoms with Crippen LogP contribution in [0.5, 0.6) is 5.75 Å². The number of anilines is 1. The van der Waals surface area contributed by atoms with Gasteiger partial charge in [0, 0.05) is 17.3 Å². The van der Waals surface area contributed by atoms with Crippen LogP contribution in [0.3, 0.4) is 0 Å². The normalized spacial score (nSPS) is 9.85. The lowest BCUT2D eigenvalue weighted by atomic mass is 10.1. The van der Waals surface area contributed by atoms with E-state index in [0.29, 0.717) is 12.3 Å². The highest BCUT2D eigenvalue weighted by Gasteiger charge is 2.00. The third-order valence-electron chi connectivity index (χ3n) is 2.87. The van der Waals surface area contributed by atoms with E-state index >= 15 is 0 Å². The van der Waals surface area contributed by atoms with Gasteiger partial charge in [0.15, 0.2) is 6.61 Å². The minimum absolute atomic E-state index is 0.0627. The Hall–Kier alpha value is -2.18. The number of rotatable bonds is 5. The van der Waals surface area contributed by atoms with Gasteiger partial charge in [-0.1, -0.05) is 23.7 Å². The summed E-state index contributed by atoms with van der Waals surface area (Å²) in [7, 11) is 0. The van der Waals surface area contributed by atoms with E-state index in [9.17, 15) is 0 Å². The van der Waals surface area contributed by atoms with Gasteiger partial charge in [-0.15, -0.1) is 0 Å². The Morgan fingerprint density at radius 1 is 1.25 bits per heavy atom. The van der Waals surface area contributed by atoms with E-state index in [1.807, 2.05) is 55.5 Å². The summed E-state index contributed by atoms with van der Waals surface area (Å²) < 4.78 is 5.28. The van der Waals surface area contributed by atoms with Crippen LogP contribution in [0.2, 0.25) is 5.02 Å². The Labute approximate surface area is 123 Å². The average Bonchev–Trinajstić information content (AvgIpc) is 2.45. The molecule has 0 fully saturated rings. The van der Waals surface area contributed by atoms with Crippen molar-refractivity contribution in [1.29, 1.82) is 5.26 Å². The molecule has 20 heavy (non-hydrogen) atoms. The average molecular weight is 287 g/mol. The van der Waals surface area contributed by atoms with E-state index in [1.54, 1.807) is 0 Å². The number of hydrogen-bond acceptors (Lipinski definition) is 3. The molecule has 0 unspecified atom stereocenters. The molecule has 0 amide bonds. The largest absolute Gasteiger partial charge is 0.479 e. The summed E-state index contributed by atoms with van der Waals surface area (Å²) in [6.45, 7) is 2.76. The molecule has 0 atom stereocenters. The number of aryl methyl sites for hydroxylation is 1. The molecule has 0 aliphatic rings. The van der Waals surface area contributed by atoms with E-state index in [-0.39, 0.29) is 6.61 Å². The number of hydrogen-bond donors (Lipinski definition) is 1. The van der Waals surface area contributed by atoms with Crippen molar-refractivity contribution < 1.29 is 4.74 Å². The first-order chi connectivity index (χ1) is 9.69. The van der Waals surface area contributed by atoms with E-state index in [2.05, 4.69) is 5.32 Å². The van der Waals surface area contributed by atoms with Crippen LogP contribution in [0.1, 0.15) is 11.1 Å². The van der Waals surface area contributed by atoms with Crippen LogP contribution < -0.4 is 10.1 Å². The predicted octanol–water partition coefficient (Wildman–Crippen LogP) is 4.16. The van der Waals surface area contributed by atoms with Crippen LogP contribution in [0, 0.1) is 18.3 Å². The molecule has 2 aromatic carbocycles. The fraction of sp³-hybridized carbons (Fsp3) is 0.188. The lowest BCUT2D eigenvalue weighted by Crippen LogP contribution is -2.01. The fourth-order valence-corrected chi connectivity index (χ4v) is 2.11. The summed E-state index contributed by atoms with van der Waals surface area (Å²) in [6, 6.07) is 15.4. The van der Waals surface area contributed by atoms with Crippen molar-refractivity contribution in [2.75, 3.05) is 11.9 Å². The first-order valence-corrected chi connectivity index (χ1v) is 6.65. The Morgan fingerprint density at radius 3 is 2.85 bits per heavy atom. The van der Waals surface area contributed by atoms with Crippen molar-refractivity contribution in [3.8, 4) is 11.8 Å². The second-order valence-electron chi connectivity index (χ2n) is 4.41. The molecule has 1 N–H and O–H groups in total. The summed E-state index contributed by atoms with van der Waals surface area (Å²) in [5.41, 5.74) is 3.25. The third-order valence-corrected chi connectivity index (χ3v) is 3.11. The maximum absolute atomic E-state index is 8.50. The standard InChI is InChI=1S/C16H15ClN2O/c1-12-9-14(17)5-6-16(12)19-11-13-3-2-4-15(10-13)20-8-7-18/h2-6,9-10,19H,8,11H2,1H3. The topological polar surface area (TPSA) is 45.0 Å². The van der Waals surface area contributed by atoms with Crippen molar-refractivity contribution in [3.63, 3.8) is 0 Å². The van der Waals surface area contributed by atoms with E-state index in [0.717, 1.165) is 21.8 Å². The Balaban J connectivity index is 2.01. The lowest BCUT2D eigenvalue weighted by molar-refractivity contribution is 0.368. The monoisotopic (exact) mass is 286 g/mol. The molecule has 0 bridgehead atoms. The zero-order valence-corrected chi connectivity index (χ0v) is 11.9. The smallest absolute Gasteiger partial charge is 0.174 e. The molecule has 2 aromatic rings. The Kier molecular flexibility index (Phi) is 4.86. The zero-order chi connectivity index (χ0) is 14.4. The van der Waals surface area contributed by atoms with Crippen LogP contribution in [0.25, 0.3) is 0 Å². The molecular formula is C16H15ClN2O. The number of nitrogens with one attached hydrogen (secondary N) is 1. The molecule has 0 heterocycles. The molecular weight excluding hydrogens is 272 g/mol. The minimum atomic E-state index is 0.0627. The van der Waals surface area contributed by atoms with Crippen LogP contribution >= 0.6 is 11.6 Å². The predicted molar refractivity (Wildman–Crippen MR) is 81.1 cm³/mol. The van der Waals surface area contributed by atoms with Gasteiger partial charge in [0.2, 0.25) is 0 Å². The second kappa shape index (κ2) is 6.83. The summed E-state index contributed by atoms with van der Waals surface area (Å²) in [5, 5.41) is 12.6. The quantitative estimate of drug-likeness (QED) is 0.897. The lowest BCUT2D eigenvalue weighted by Gasteiger charge is -2.11. The van der Waals surface area contributed by atoms with Gasteiger partial charge in [0.05, 0.1) is 0 Å². The Bertz CT molecular complexity index is 635. The zero-order valence-electron chi connectivity index (χ0n) is 11.2. The molecule has 0 saturated carbocycles. The first kappa shape index (κ1) is 14.2. The van der Waals surface area contributed by atoms with Crippen molar-refractivity contribution in [2.45, 2.75) is 13.5 Å². The highest BCUT2D eigenvalue weighted by Crippen LogP contribution is 2.21. The van der Waals surface area contributed by atoms with Gasteiger partial charge in [-0.2, -0.15) is 5.26 Å². The van der Waals surface area contributed by atoms with Gasteiger partial charge in [0.25, 0.3) is 0 Å². The van der Waals surface area contributed by atoms with Crippen molar-refractivity contribution in [3.05, 3.63) is 58.6 Å². The molecule has 3 nitrogen and oxygen atoms in total. The maximum Gasteiger partial charge on any atom is 0.174 e. The van der Waals surface area contributed by atoms with Crippen LogP contribution in [0.15, 0.2) is 42.5 Å². The molecule has 0 aliphatic carbocycles. The molecule has 0 saturated heterocycles. The van der Waals surface area contributed by atoms with E-state index < -0.39 is 0 Å². The first-order valence-electron chi connectivity index (χ1n) is 6.28. The Morgan fingerprint density at radius 2 is 2.10 bits per heavy atom. The molecule has 0 spiro atoms. The number of nitriles is 1. The summed E-state index contributed by atoms with van der Waals surface area (Å²) >= 11 is 5.93. The van der Waals surface area contributed by atoms with Gasteiger partial charge in [0.1, 0.15) is 11.8 Å². The van der Waals surface area contributed by atoms with Crippen molar-refractivity contribution >= 4 is 17.3 Å². The highest BCUT2D eigenvalue weighted by molar-refractivity contribution is 6.30. The van der Waals surface area contributed by atoms with Crippen LogP contribution in [-0.2, 0) is 6.54 Å². The number of halogens is 1. The molecule has 0 aromatic heterocycles. The maximum atomic E-state index is 8.50. The van der Waals surface area contributed by atoms with Crippen molar-refractivity contribution in [1.82, 2.24) is 0 Å². The number of nitrogens with zero attached hydrogens (tertiary/aromatic N) is 1. The van der Waals surface area contributed by atoms with Crippen LogP contribution in [0.4, 0.5) is 5.69 Å². The third kappa shape index (κ3) is 3.91. The molecule has 0 aliphatic heterocycles. The summed E-state index contributed by atoms with van der Waals surface area (Å²) in [4.78, 5) is 0. The van der Waals surface area contributed by atoms with Gasteiger partial charge in [-0.05, 0) is 48.4 Å². The minimum Gasteiger partial charge on any atom is -0.479 e. The van der Waals surface area contributed by atoms with E-state index in [4.69, 9.17) is 21.6 Å². The fourth-order valence-electron chi connectivity index (χ4n) is 1.88. The number of benzene rings is 2. The SMILES string of the molecule is Cc1cc(Cl)ccc1NCc1cccc(OCC#N)c1. The number of ether oxygens (including phenoxy) is 1. The summed E-state index contributed by atoms with van der Waals surface area (Å²) in [6.07, 6.45) is 0. The second-order valence-corrected chi connectivity index (χ2v) is 4.84. The van der Waals surface area contributed by atoms with Gasteiger partial charge in [-0.25, -0.2) is 0 Å². The molecule has 2 rings (SSSR count). The van der Waals surface area contributed by atoms with E-state index in [1.165, 1.54) is 0 Å². The molecule has 102 valence electrons. The van der Waals surface area contributed by atoms with Gasteiger partial charge < -0.3 is 10.1 Å². The van der Waals surface area contributed by atoms with Crippen LogP contribution in [-0.4, -0.2) is 6.61 Å². The molecule has 0 radical (unpaired) electrons. The van der Waals surface area contributed by atoms with Gasteiger partial charge >= 0.3 is 0 Å². The van der Waals surface area contributed by atoms with Gasteiger partial charge in [-0.3, -0.25) is 0 Å². The van der Waals surface area contributed by atoms with Crippen molar-refractivity contribution in [2.24, 2.45) is 0 Å². The summed E-state index contributed by atoms with van der Waals surface area (Å²) in [5.74, 6) is 0.707. The molecule has 4 heteroatoms. The highest BCUT2D eigenvalue weighted by atomic mass is 35.5.